The predicted molar refractivity (Wildman–Crippen MR) is 61.2 cm³/mol. The van der Waals surface area contributed by atoms with Gasteiger partial charge in [-0.25, -0.2) is 9.97 Å². The van der Waals surface area contributed by atoms with Crippen LogP contribution in [0.3, 0.4) is 0 Å². The molecular weight excluding hydrogens is 202 g/mol. The molecule has 0 radical (unpaired) electrons. The van der Waals surface area contributed by atoms with Crippen molar-refractivity contribution in [1.82, 2.24) is 15.0 Å². The van der Waals surface area contributed by atoms with Crippen LogP contribution in [0.1, 0.15) is 12.6 Å². The largest absolute Gasteiger partial charge is 0.494 e. The Morgan fingerprint density at radius 3 is 2.75 bits per heavy atom. The van der Waals surface area contributed by atoms with Gasteiger partial charge in [0.1, 0.15) is 11.4 Å². The number of aryl methyl sites for hydroxylation is 1. The van der Waals surface area contributed by atoms with Crippen molar-refractivity contribution < 1.29 is 4.74 Å². The van der Waals surface area contributed by atoms with Gasteiger partial charge in [0, 0.05) is 24.2 Å². The van der Waals surface area contributed by atoms with Gasteiger partial charge in [0.05, 0.1) is 6.61 Å². The Bertz CT molecular complexity index is 485. The second-order valence-electron chi connectivity index (χ2n) is 3.33. The Labute approximate surface area is 94.4 Å². The maximum absolute atomic E-state index is 5.40. The lowest BCUT2D eigenvalue weighted by atomic mass is 10.3. The minimum atomic E-state index is 0.626. The number of rotatable bonds is 3. The Hall–Kier alpha value is -1.97. The molecule has 2 aromatic heterocycles. The molecule has 16 heavy (non-hydrogen) atoms. The molecular formula is C12H13N3O. The molecule has 0 unspecified atom stereocenters. The third kappa shape index (κ3) is 2.34. The molecule has 4 nitrogen and oxygen atoms in total. The number of hydrogen-bond donors (Lipinski definition) is 0. The standard InChI is InChI=1S/C12H13N3O/c1-3-16-10-5-7-13-11(8-10)12-14-6-4-9(2)15-12/h4-8H,3H2,1-2H3. The minimum absolute atomic E-state index is 0.626. The summed E-state index contributed by atoms with van der Waals surface area (Å²) in [4.78, 5) is 12.7. The smallest absolute Gasteiger partial charge is 0.178 e. The van der Waals surface area contributed by atoms with Gasteiger partial charge in [-0.3, -0.25) is 4.98 Å². The number of nitrogens with zero attached hydrogens (tertiary/aromatic N) is 3. The zero-order valence-electron chi connectivity index (χ0n) is 9.34. The van der Waals surface area contributed by atoms with Crippen molar-refractivity contribution in [1.29, 1.82) is 0 Å². The zero-order valence-corrected chi connectivity index (χ0v) is 9.34. The van der Waals surface area contributed by atoms with E-state index in [0.717, 1.165) is 17.1 Å². The van der Waals surface area contributed by atoms with Crippen molar-refractivity contribution in [3.63, 3.8) is 0 Å². The van der Waals surface area contributed by atoms with Crippen LogP contribution in [-0.2, 0) is 0 Å². The maximum atomic E-state index is 5.40. The number of pyridine rings is 1. The van der Waals surface area contributed by atoms with Crippen LogP contribution in [0.15, 0.2) is 30.6 Å². The zero-order chi connectivity index (χ0) is 11.4. The van der Waals surface area contributed by atoms with Gasteiger partial charge >= 0.3 is 0 Å². The number of aromatic nitrogens is 3. The normalized spacial score (nSPS) is 10.1. The van der Waals surface area contributed by atoms with Crippen LogP contribution in [-0.4, -0.2) is 21.6 Å². The van der Waals surface area contributed by atoms with Crippen molar-refractivity contribution in [2.45, 2.75) is 13.8 Å². The van der Waals surface area contributed by atoms with Gasteiger partial charge in [-0.2, -0.15) is 0 Å². The molecule has 0 saturated carbocycles. The Morgan fingerprint density at radius 1 is 1.19 bits per heavy atom. The van der Waals surface area contributed by atoms with Gasteiger partial charge in [0.25, 0.3) is 0 Å². The summed E-state index contributed by atoms with van der Waals surface area (Å²) in [5.74, 6) is 1.42. The molecule has 0 amide bonds. The maximum Gasteiger partial charge on any atom is 0.178 e. The SMILES string of the molecule is CCOc1ccnc(-c2nccc(C)n2)c1. The van der Waals surface area contributed by atoms with Crippen LogP contribution in [0.4, 0.5) is 0 Å². The Morgan fingerprint density at radius 2 is 2.00 bits per heavy atom. The van der Waals surface area contributed by atoms with E-state index >= 15 is 0 Å². The molecule has 0 aromatic carbocycles. The molecule has 0 aliphatic heterocycles. The van der Waals surface area contributed by atoms with E-state index in [2.05, 4.69) is 15.0 Å². The summed E-state index contributed by atoms with van der Waals surface area (Å²) in [6, 6.07) is 5.52. The molecule has 0 aliphatic rings. The fraction of sp³-hybridized carbons (Fsp3) is 0.250. The highest BCUT2D eigenvalue weighted by Gasteiger charge is 2.04. The van der Waals surface area contributed by atoms with Gasteiger partial charge in [0.15, 0.2) is 5.82 Å². The van der Waals surface area contributed by atoms with Crippen molar-refractivity contribution in [2.24, 2.45) is 0 Å². The third-order valence-corrected chi connectivity index (χ3v) is 2.07. The molecule has 82 valence electrons. The summed E-state index contributed by atoms with van der Waals surface area (Å²) in [5, 5.41) is 0. The molecule has 0 bridgehead atoms. The van der Waals surface area contributed by atoms with E-state index in [1.807, 2.05) is 32.0 Å². The van der Waals surface area contributed by atoms with E-state index in [0.29, 0.717) is 12.4 Å². The first-order valence-electron chi connectivity index (χ1n) is 5.18. The van der Waals surface area contributed by atoms with Crippen molar-refractivity contribution >= 4 is 0 Å². The van der Waals surface area contributed by atoms with Crippen LogP contribution in [0.25, 0.3) is 11.5 Å². The molecule has 0 spiro atoms. The van der Waals surface area contributed by atoms with Crippen LogP contribution in [0.2, 0.25) is 0 Å². The molecule has 0 N–H and O–H groups in total. The van der Waals surface area contributed by atoms with Crippen LogP contribution < -0.4 is 4.74 Å². The van der Waals surface area contributed by atoms with Crippen LogP contribution in [0, 0.1) is 6.92 Å². The number of ether oxygens (including phenoxy) is 1. The van der Waals surface area contributed by atoms with E-state index in [1.54, 1.807) is 12.4 Å². The van der Waals surface area contributed by atoms with Gasteiger partial charge in [-0.1, -0.05) is 0 Å². The summed E-state index contributed by atoms with van der Waals surface area (Å²) in [6.07, 6.45) is 3.43. The predicted octanol–water partition coefficient (Wildman–Crippen LogP) is 2.25. The van der Waals surface area contributed by atoms with Crippen LogP contribution in [0.5, 0.6) is 5.75 Å². The molecule has 0 aliphatic carbocycles. The van der Waals surface area contributed by atoms with E-state index < -0.39 is 0 Å². The first kappa shape index (κ1) is 10.5. The molecule has 0 saturated heterocycles. The fourth-order valence-electron chi connectivity index (χ4n) is 1.36. The lowest BCUT2D eigenvalue weighted by Gasteiger charge is -2.04. The molecule has 0 fully saturated rings. The Balaban J connectivity index is 2.36. The highest BCUT2D eigenvalue weighted by molar-refractivity contribution is 5.51. The van der Waals surface area contributed by atoms with Crippen molar-refractivity contribution in [3.05, 3.63) is 36.3 Å². The summed E-state index contributed by atoms with van der Waals surface area (Å²) in [5.41, 5.74) is 1.66. The van der Waals surface area contributed by atoms with E-state index in [4.69, 9.17) is 4.74 Å². The topological polar surface area (TPSA) is 47.9 Å². The first-order chi connectivity index (χ1) is 7.79. The minimum Gasteiger partial charge on any atom is -0.494 e. The van der Waals surface area contributed by atoms with Gasteiger partial charge in [-0.15, -0.1) is 0 Å². The van der Waals surface area contributed by atoms with E-state index in [-0.39, 0.29) is 0 Å². The third-order valence-electron chi connectivity index (χ3n) is 2.07. The monoisotopic (exact) mass is 215 g/mol. The summed E-state index contributed by atoms with van der Waals surface area (Å²) in [6.45, 7) is 4.51. The highest BCUT2D eigenvalue weighted by atomic mass is 16.5. The molecule has 4 heteroatoms. The highest BCUT2D eigenvalue weighted by Crippen LogP contribution is 2.17. The van der Waals surface area contributed by atoms with Gasteiger partial charge in [0.2, 0.25) is 0 Å². The van der Waals surface area contributed by atoms with Crippen molar-refractivity contribution in [2.75, 3.05) is 6.61 Å². The van der Waals surface area contributed by atoms with Crippen molar-refractivity contribution in [3.8, 4) is 17.3 Å². The average Bonchev–Trinajstić information content (AvgIpc) is 2.30. The molecule has 0 atom stereocenters. The molecule has 2 rings (SSSR count). The molecule has 2 heterocycles. The quantitative estimate of drug-likeness (QED) is 0.787. The second kappa shape index (κ2) is 4.70. The molecule has 2 aromatic rings. The Kier molecular flexibility index (Phi) is 3.10. The lowest BCUT2D eigenvalue weighted by Crippen LogP contribution is -1.95. The summed E-state index contributed by atoms with van der Waals surface area (Å²) >= 11 is 0. The second-order valence-corrected chi connectivity index (χ2v) is 3.33. The van der Waals surface area contributed by atoms with Gasteiger partial charge in [-0.05, 0) is 26.0 Å². The van der Waals surface area contributed by atoms with Crippen LogP contribution >= 0.6 is 0 Å². The summed E-state index contributed by atoms with van der Waals surface area (Å²) < 4.78 is 5.40. The first-order valence-corrected chi connectivity index (χ1v) is 5.18. The van der Waals surface area contributed by atoms with Gasteiger partial charge < -0.3 is 4.74 Å². The average molecular weight is 215 g/mol. The summed E-state index contributed by atoms with van der Waals surface area (Å²) in [7, 11) is 0. The fourth-order valence-corrected chi connectivity index (χ4v) is 1.36. The van der Waals surface area contributed by atoms with E-state index in [9.17, 15) is 0 Å². The van der Waals surface area contributed by atoms with E-state index in [1.165, 1.54) is 0 Å². The lowest BCUT2D eigenvalue weighted by molar-refractivity contribution is 0.340. The number of hydrogen-bond acceptors (Lipinski definition) is 4.